The Balaban J connectivity index is 2.49. The van der Waals surface area contributed by atoms with Gasteiger partial charge in [-0.15, -0.1) is 0 Å². The van der Waals surface area contributed by atoms with Gasteiger partial charge in [-0.25, -0.2) is 0 Å². The van der Waals surface area contributed by atoms with E-state index in [0.717, 1.165) is 12.1 Å². The first-order valence-corrected chi connectivity index (χ1v) is 5.79. The van der Waals surface area contributed by atoms with Crippen LogP contribution in [0.3, 0.4) is 0 Å². The van der Waals surface area contributed by atoms with E-state index in [9.17, 15) is 13.2 Å². The summed E-state index contributed by atoms with van der Waals surface area (Å²) in [5.41, 5.74) is -0.410. The molecule has 0 fully saturated rings. The molecule has 5 heteroatoms. The summed E-state index contributed by atoms with van der Waals surface area (Å²) in [4.78, 5) is 0. The minimum absolute atomic E-state index is 0.177. The van der Waals surface area contributed by atoms with Gasteiger partial charge in [0.05, 0.1) is 17.9 Å². The van der Waals surface area contributed by atoms with E-state index in [1.54, 1.807) is 26.0 Å². The molecule has 0 saturated carbocycles. The van der Waals surface area contributed by atoms with E-state index in [0.29, 0.717) is 11.3 Å². The molecular weight excluding hydrogens is 257 g/mol. The molecule has 2 aromatic rings. The van der Waals surface area contributed by atoms with Crippen LogP contribution in [0.1, 0.15) is 19.4 Å². The van der Waals surface area contributed by atoms with Gasteiger partial charge in [-0.2, -0.15) is 13.2 Å². The molecule has 2 rings (SSSR count). The Morgan fingerprint density at radius 2 is 1.89 bits per heavy atom. The topological polar surface area (TPSA) is 22.4 Å². The largest absolute Gasteiger partial charge is 0.491 e. The van der Waals surface area contributed by atoms with Crippen molar-refractivity contribution in [3.05, 3.63) is 42.2 Å². The summed E-state index contributed by atoms with van der Waals surface area (Å²) >= 11 is 0. The first-order chi connectivity index (χ1) is 8.86. The summed E-state index contributed by atoms with van der Waals surface area (Å²) in [6.45, 7) is 3.51. The highest BCUT2D eigenvalue weighted by Gasteiger charge is 2.31. The fourth-order valence-corrected chi connectivity index (χ4v) is 1.69. The van der Waals surface area contributed by atoms with E-state index >= 15 is 0 Å². The minimum Gasteiger partial charge on any atom is -0.491 e. The third-order valence-corrected chi connectivity index (χ3v) is 2.41. The molecule has 0 aliphatic carbocycles. The fraction of sp³-hybridized carbons (Fsp3) is 0.286. The van der Waals surface area contributed by atoms with Crippen LogP contribution in [-0.4, -0.2) is 6.10 Å². The number of benzene rings is 1. The molecule has 0 bridgehead atoms. The van der Waals surface area contributed by atoms with Crippen LogP contribution in [0.2, 0.25) is 0 Å². The number of alkyl halides is 3. The van der Waals surface area contributed by atoms with Crippen LogP contribution in [-0.2, 0) is 6.18 Å². The zero-order valence-electron chi connectivity index (χ0n) is 10.5. The van der Waals surface area contributed by atoms with Crippen molar-refractivity contribution >= 4 is 0 Å². The molecule has 1 aromatic carbocycles. The Morgan fingerprint density at radius 3 is 2.42 bits per heavy atom. The molecule has 0 saturated heterocycles. The molecule has 0 aliphatic rings. The molecule has 0 amide bonds. The molecule has 19 heavy (non-hydrogen) atoms. The summed E-state index contributed by atoms with van der Waals surface area (Å²) in [6, 6.07) is 6.81. The second kappa shape index (κ2) is 4.99. The monoisotopic (exact) mass is 270 g/mol. The molecule has 0 unspecified atom stereocenters. The first kappa shape index (κ1) is 13.5. The molecule has 2 nitrogen and oxygen atoms in total. The Bertz CT molecular complexity index is 542. The van der Waals surface area contributed by atoms with E-state index in [-0.39, 0.29) is 11.9 Å². The van der Waals surface area contributed by atoms with Crippen LogP contribution < -0.4 is 4.74 Å². The lowest BCUT2D eigenvalue weighted by atomic mass is 10.1. The third kappa shape index (κ3) is 3.30. The molecule has 0 radical (unpaired) electrons. The molecule has 102 valence electrons. The van der Waals surface area contributed by atoms with Crippen molar-refractivity contribution in [2.45, 2.75) is 26.1 Å². The van der Waals surface area contributed by atoms with Crippen molar-refractivity contribution < 1.29 is 22.3 Å². The van der Waals surface area contributed by atoms with Gasteiger partial charge in [-0.1, -0.05) is 0 Å². The number of rotatable bonds is 3. The second-order valence-electron chi connectivity index (χ2n) is 4.39. The van der Waals surface area contributed by atoms with Gasteiger partial charge < -0.3 is 9.15 Å². The zero-order valence-corrected chi connectivity index (χ0v) is 10.5. The molecule has 1 heterocycles. The van der Waals surface area contributed by atoms with Crippen LogP contribution in [0.5, 0.6) is 5.75 Å². The SMILES string of the molecule is CC(C)Oc1cc(-c2ccco2)cc(C(F)(F)F)c1. The predicted molar refractivity (Wildman–Crippen MR) is 64.9 cm³/mol. The van der Waals surface area contributed by atoms with Gasteiger partial charge >= 0.3 is 6.18 Å². The predicted octanol–water partition coefficient (Wildman–Crippen LogP) is 4.75. The van der Waals surface area contributed by atoms with Crippen molar-refractivity contribution in [3.63, 3.8) is 0 Å². The maximum absolute atomic E-state index is 12.8. The van der Waals surface area contributed by atoms with Crippen molar-refractivity contribution in [2.75, 3.05) is 0 Å². The Kier molecular flexibility index (Phi) is 3.55. The molecule has 0 spiro atoms. The van der Waals surface area contributed by atoms with Crippen molar-refractivity contribution in [3.8, 4) is 17.1 Å². The smallest absolute Gasteiger partial charge is 0.416 e. The van der Waals surface area contributed by atoms with E-state index in [1.165, 1.54) is 12.3 Å². The average molecular weight is 270 g/mol. The quantitative estimate of drug-likeness (QED) is 0.802. The maximum atomic E-state index is 12.8. The van der Waals surface area contributed by atoms with Gasteiger partial charge in [0.15, 0.2) is 0 Å². The summed E-state index contributed by atoms with van der Waals surface area (Å²) in [5, 5.41) is 0. The van der Waals surface area contributed by atoms with Crippen molar-refractivity contribution in [1.82, 2.24) is 0 Å². The van der Waals surface area contributed by atoms with Gasteiger partial charge in [-0.05, 0) is 44.2 Å². The second-order valence-corrected chi connectivity index (χ2v) is 4.39. The van der Waals surface area contributed by atoms with Crippen molar-refractivity contribution in [2.24, 2.45) is 0 Å². The summed E-state index contributed by atoms with van der Waals surface area (Å²) in [7, 11) is 0. The molecule has 0 N–H and O–H groups in total. The van der Waals surface area contributed by atoms with E-state index < -0.39 is 11.7 Å². The normalized spacial score (nSPS) is 11.9. The van der Waals surface area contributed by atoms with Gasteiger partial charge in [-0.3, -0.25) is 0 Å². The van der Waals surface area contributed by atoms with Crippen LogP contribution in [0, 0.1) is 0 Å². The first-order valence-electron chi connectivity index (χ1n) is 5.79. The number of hydrogen-bond acceptors (Lipinski definition) is 2. The summed E-state index contributed by atoms with van der Waals surface area (Å²) < 4.78 is 49.0. The highest BCUT2D eigenvalue weighted by Crippen LogP contribution is 2.36. The van der Waals surface area contributed by atoms with Gasteiger partial charge in [0.25, 0.3) is 0 Å². The van der Waals surface area contributed by atoms with Crippen LogP contribution in [0.25, 0.3) is 11.3 Å². The Morgan fingerprint density at radius 1 is 1.16 bits per heavy atom. The Hall–Kier alpha value is -1.91. The number of furan rings is 1. The van der Waals surface area contributed by atoms with Gasteiger partial charge in [0.1, 0.15) is 11.5 Å². The highest BCUT2D eigenvalue weighted by atomic mass is 19.4. The van der Waals surface area contributed by atoms with Crippen LogP contribution in [0.4, 0.5) is 13.2 Å². The maximum Gasteiger partial charge on any atom is 0.416 e. The molecule has 0 atom stereocenters. The zero-order chi connectivity index (χ0) is 14.0. The number of ether oxygens (including phenoxy) is 1. The average Bonchev–Trinajstić information content (AvgIpc) is 2.79. The Labute approximate surface area is 108 Å². The lowest BCUT2D eigenvalue weighted by Crippen LogP contribution is -2.09. The molecular formula is C14H13F3O2. The lowest BCUT2D eigenvalue weighted by molar-refractivity contribution is -0.137. The van der Waals surface area contributed by atoms with Crippen molar-refractivity contribution in [1.29, 1.82) is 0 Å². The van der Waals surface area contributed by atoms with Crippen LogP contribution in [0.15, 0.2) is 41.0 Å². The number of halogens is 3. The highest BCUT2D eigenvalue weighted by molar-refractivity contribution is 5.61. The fourth-order valence-electron chi connectivity index (χ4n) is 1.69. The third-order valence-electron chi connectivity index (χ3n) is 2.41. The molecule has 0 aliphatic heterocycles. The number of hydrogen-bond donors (Lipinski definition) is 0. The van der Waals surface area contributed by atoms with E-state index in [4.69, 9.17) is 9.15 Å². The van der Waals surface area contributed by atoms with E-state index in [2.05, 4.69) is 0 Å². The van der Waals surface area contributed by atoms with Gasteiger partial charge in [0.2, 0.25) is 0 Å². The lowest BCUT2D eigenvalue weighted by Gasteiger charge is -2.14. The van der Waals surface area contributed by atoms with Crippen LogP contribution >= 0.6 is 0 Å². The minimum atomic E-state index is -4.42. The summed E-state index contributed by atoms with van der Waals surface area (Å²) in [5.74, 6) is 0.552. The standard InChI is InChI=1S/C14H13F3O2/c1-9(2)19-12-7-10(13-4-3-5-18-13)6-11(8-12)14(15,16)17/h3-9H,1-2H3. The molecule has 1 aromatic heterocycles. The van der Waals surface area contributed by atoms with Gasteiger partial charge in [0, 0.05) is 5.56 Å². The van der Waals surface area contributed by atoms with E-state index in [1.807, 2.05) is 0 Å². The summed E-state index contributed by atoms with van der Waals surface area (Å²) in [6.07, 6.45) is -3.20.